The summed E-state index contributed by atoms with van der Waals surface area (Å²) in [6, 6.07) is 0. The second kappa shape index (κ2) is 6.56. The van der Waals surface area contributed by atoms with Crippen LogP contribution in [0.3, 0.4) is 0 Å². The summed E-state index contributed by atoms with van der Waals surface area (Å²) in [6.45, 7) is 6.20. The van der Waals surface area contributed by atoms with Crippen LogP contribution in [0.1, 0.15) is 74.9 Å². The Kier molecular flexibility index (Phi) is 4.25. The van der Waals surface area contributed by atoms with Gasteiger partial charge in [0.05, 0.1) is 5.41 Å². The molecule has 0 radical (unpaired) electrons. The van der Waals surface area contributed by atoms with Crippen LogP contribution in [0, 0.1) is 23.2 Å². The number of rotatable bonds is 3. The average Bonchev–Trinajstić information content (AvgIpc) is 3.16. The van der Waals surface area contributed by atoms with Crippen LogP contribution in [0.25, 0.3) is 0 Å². The number of piperazine rings is 1. The molecule has 0 aromatic carbocycles. The molecule has 1 aromatic heterocycles. The van der Waals surface area contributed by atoms with E-state index in [2.05, 4.69) is 10.2 Å². The molecule has 7 nitrogen and oxygen atoms in total. The summed E-state index contributed by atoms with van der Waals surface area (Å²) < 4.78 is 5.51. The van der Waals surface area contributed by atoms with Gasteiger partial charge < -0.3 is 14.2 Å². The molecule has 2 heterocycles. The quantitative estimate of drug-likeness (QED) is 0.798. The van der Waals surface area contributed by atoms with Gasteiger partial charge >= 0.3 is 11.8 Å². The Bertz CT molecular complexity index is 743. The summed E-state index contributed by atoms with van der Waals surface area (Å²) in [5.41, 5.74) is -0.0976. The maximum Gasteiger partial charge on any atom is 0.311 e. The Morgan fingerprint density at radius 1 is 0.929 bits per heavy atom. The summed E-state index contributed by atoms with van der Waals surface area (Å²) in [5, 5.41) is 7.86. The Morgan fingerprint density at radius 3 is 1.96 bits per heavy atom. The number of carbonyl (C=O) groups is 2. The molecule has 1 aliphatic heterocycles. The van der Waals surface area contributed by atoms with Crippen molar-refractivity contribution in [2.24, 2.45) is 23.2 Å². The first-order valence-electron chi connectivity index (χ1n) is 10.9. The van der Waals surface area contributed by atoms with Crippen LogP contribution in [0.2, 0.25) is 0 Å². The first-order chi connectivity index (χ1) is 13.4. The van der Waals surface area contributed by atoms with Crippen molar-refractivity contribution in [3.63, 3.8) is 0 Å². The third-order valence-electron chi connectivity index (χ3n) is 7.46. The fourth-order valence-electron chi connectivity index (χ4n) is 6.51. The molecule has 28 heavy (non-hydrogen) atoms. The van der Waals surface area contributed by atoms with Gasteiger partial charge in [0.1, 0.15) is 0 Å². The number of amides is 2. The third-order valence-corrected chi connectivity index (χ3v) is 7.46. The first kappa shape index (κ1) is 18.1. The predicted molar refractivity (Wildman–Crippen MR) is 101 cm³/mol. The van der Waals surface area contributed by atoms with Crippen molar-refractivity contribution in [3.8, 4) is 0 Å². The van der Waals surface area contributed by atoms with Crippen molar-refractivity contribution in [1.82, 2.24) is 20.0 Å². The van der Waals surface area contributed by atoms with Crippen molar-refractivity contribution in [2.45, 2.75) is 58.3 Å². The zero-order valence-electron chi connectivity index (χ0n) is 16.9. The summed E-state index contributed by atoms with van der Waals surface area (Å²) >= 11 is 0. The lowest BCUT2D eigenvalue weighted by Gasteiger charge is -2.57. The molecule has 5 fully saturated rings. The lowest BCUT2D eigenvalue weighted by molar-refractivity contribution is -0.159. The fourth-order valence-corrected chi connectivity index (χ4v) is 6.51. The molecule has 0 atom stereocenters. The minimum Gasteiger partial charge on any atom is -0.417 e. The van der Waals surface area contributed by atoms with E-state index >= 15 is 0 Å². The molecule has 1 aromatic rings. The number of hydrogen-bond acceptors (Lipinski definition) is 5. The van der Waals surface area contributed by atoms with Crippen molar-refractivity contribution in [3.05, 3.63) is 11.8 Å². The first-order valence-corrected chi connectivity index (χ1v) is 10.9. The van der Waals surface area contributed by atoms with Crippen LogP contribution in [-0.2, 0) is 4.79 Å². The lowest BCUT2D eigenvalue weighted by Crippen LogP contribution is -2.58. The summed E-state index contributed by atoms with van der Waals surface area (Å²) in [6.07, 6.45) is 7.32. The molecule has 1 saturated heterocycles. The number of nitrogens with zero attached hydrogens (tertiary/aromatic N) is 4. The van der Waals surface area contributed by atoms with Gasteiger partial charge in [0.25, 0.3) is 0 Å². The van der Waals surface area contributed by atoms with E-state index in [1.54, 1.807) is 4.90 Å². The van der Waals surface area contributed by atoms with Gasteiger partial charge in [-0.15, -0.1) is 10.2 Å². The van der Waals surface area contributed by atoms with Crippen molar-refractivity contribution in [1.29, 1.82) is 0 Å². The molecule has 6 rings (SSSR count). The topological polar surface area (TPSA) is 79.5 Å². The van der Waals surface area contributed by atoms with Gasteiger partial charge in [-0.3, -0.25) is 9.59 Å². The van der Waals surface area contributed by atoms with E-state index in [9.17, 15) is 9.59 Å². The maximum absolute atomic E-state index is 13.5. The van der Waals surface area contributed by atoms with Crippen LogP contribution in [-0.4, -0.2) is 58.0 Å². The van der Waals surface area contributed by atoms with Gasteiger partial charge in [-0.2, -0.15) is 0 Å². The van der Waals surface area contributed by atoms with Crippen molar-refractivity contribution < 1.29 is 14.0 Å². The van der Waals surface area contributed by atoms with Crippen LogP contribution in [0.5, 0.6) is 0 Å². The molecule has 4 bridgehead atoms. The van der Waals surface area contributed by atoms with Gasteiger partial charge in [0, 0.05) is 32.1 Å². The third kappa shape index (κ3) is 2.94. The van der Waals surface area contributed by atoms with E-state index in [0.29, 0.717) is 38.0 Å². The van der Waals surface area contributed by atoms with Gasteiger partial charge in [-0.1, -0.05) is 13.8 Å². The van der Waals surface area contributed by atoms with E-state index in [1.165, 1.54) is 19.3 Å². The minimum atomic E-state index is -0.221. The number of carbonyl (C=O) groups excluding carboxylic acids is 2. The lowest BCUT2D eigenvalue weighted by atomic mass is 9.49. The minimum absolute atomic E-state index is 0.0598. The molecule has 0 unspecified atom stereocenters. The monoisotopic (exact) mass is 386 g/mol. The van der Waals surface area contributed by atoms with Gasteiger partial charge in [-0.25, -0.2) is 0 Å². The molecule has 5 aliphatic rings. The maximum atomic E-state index is 13.5. The molecular weight excluding hydrogens is 356 g/mol. The van der Waals surface area contributed by atoms with Gasteiger partial charge in [0.2, 0.25) is 11.8 Å². The zero-order valence-corrected chi connectivity index (χ0v) is 16.9. The molecule has 0 spiro atoms. The molecule has 7 heteroatoms. The van der Waals surface area contributed by atoms with E-state index in [1.807, 2.05) is 18.7 Å². The molecule has 4 saturated carbocycles. The van der Waals surface area contributed by atoms with Crippen LogP contribution in [0.15, 0.2) is 4.42 Å². The highest BCUT2D eigenvalue weighted by Gasteiger charge is 2.55. The molecule has 152 valence electrons. The summed E-state index contributed by atoms with van der Waals surface area (Å²) in [5.74, 6) is 3.09. The highest BCUT2D eigenvalue weighted by Crippen LogP contribution is 2.60. The normalized spacial score (nSPS) is 34.3. The Hall–Kier alpha value is -1.92. The van der Waals surface area contributed by atoms with Crippen LogP contribution >= 0.6 is 0 Å². The SMILES string of the molecule is CC(C)c1nnc(C(=O)N2CCN(C(=O)C34CC5CC(CC(C5)C3)C4)CC2)o1. The van der Waals surface area contributed by atoms with E-state index in [4.69, 9.17) is 4.42 Å². The molecular formula is C21H30N4O3. The highest BCUT2D eigenvalue weighted by atomic mass is 16.4. The largest absolute Gasteiger partial charge is 0.417 e. The zero-order chi connectivity index (χ0) is 19.5. The second-order valence-corrected chi connectivity index (χ2v) is 9.88. The Balaban J connectivity index is 1.22. The Morgan fingerprint density at radius 2 is 1.46 bits per heavy atom. The van der Waals surface area contributed by atoms with E-state index in [0.717, 1.165) is 37.0 Å². The number of hydrogen-bond donors (Lipinski definition) is 0. The van der Waals surface area contributed by atoms with Crippen molar-refractivity contribution in [2.75, 3.05) is 26.2 Å². The van der Waals surface area contributed by atoms with Crippen LogP contribution < -0.4 is 0 Å². The van der Waals surface area contributed by atoms with Gasteiger partial charge in [-0.05, 0) is 56.3 Å². The van der Waals surface area contributed by atoms with Gasteiger partial charge in [0.15, 0.2) is 0 Å². The Labute approximate surface area is 165 Å². The highest BCUT2D eigenvalue weighted by molar-refractivity contribution is 5.90. The number of aromatic nitrogens is 2. The smallest absolute Gasteiger partial charge is 0.311 e. The molecule has 0 N–H and O–H groups in total. The fraction of sp³-hybridized carbons (Fsp3) is 0.810. The standard InChI is InChI=1S/C21H30N4O3/c1-13(2)17-22-23-18(28-17)19(26)24-3-5-25(6-4-24)20(27)21-10-14-7-15(11-21)9-16(8-14)12-21/h13-16H,3-12H2,1-2H3. The van der Waals surface area contributed by atoms with Crippen LogP contribution in [0.4, 0.5) is 0 Å². The van der Waals surface area contributed by atoms with Crippen molar-refractivity contribution >= 4 is 11.8 Å². The average molecular weight is 386 g/mol. The summed E-state index contributed by atoms with van der Waals surface area (Å²) in [4.78, 5) is 29.9. The van der Waals surface area contributed by atoms with E-state index in [-0.39, 0.29) is 23.1 Å². The molecule has 4 aliphatic carbocycles. The predicted octanol–water partition coefficient (Wildman–Crippen LogP) is 2.69. The summed E-state index contributed by atoms with van der Waals surface area (Å²) in [7, 11) is 0. The molecule has 2 amide bonds. The second-order valence-electron chi connectivity index (χ2n) is 9.88. The van der Waals surface area contributed by atoms with E-state index < -0.39 is 0 Å².